The van der Waals surface area contributed by atoms with Gasteiger partial charge in [0.1, 0.15) is 0 Å². The summed E-state index contributed by atoms with van der Waals surface area (Å²) in [6.07, 6.45) is 2.98. The molecule has 0 bridgehead atoms. The highest BCUT2D eigenvalue weighted by molar-refractivity contribution is 5.79. The number of hydrogen-bond acceptors (Lipinski definition) is 3. The molecule has 3 unspecified atom stereocenters. The first-order valence-electron chi connectivity index (χ1n) is 6.18. The van der Waals surface area contributed by atoms with E-state index in [9.17, 15) is 4.79 Å². The van der Waals surface area contributed by atoms with Crippen LogP contribution in [0, 0.1) is 11.8 Å². The molecule has 0 aromatic carbocycles. The molecule has 0 spiro atoms. The van der Waals surface area contributed by atoms with Gasteiger partial charge < -0.3 is 16.0 Å². The zero-order chi connectivity index (χ0) is 12.1. The van der Waals surface area contributed by atoms with Crippen LogP contribution in [0.2, 0.25) is 0 Å². The topological polar surface area (TPSA) is 58.4 Å². The second-order valence-electron chi connectivity index (χ2n) is 5.25. The minimum atomic E-state index is 0.117. The van der Waals surface area contributed by atoms with Crippen LogP contribution in [0.1, 0.15) is 26.2 Å². The zero-order valence-electron chi connectivity index (χ0n) is 10.7. The van der Waals surface area contributed by atoms with Crippen LogP contribution < -0.4 is 11.1 Å². The Labute approximate surface area is 98.6 Å². The van der Waals surface area contributed by atoms with Crippen molar-refractivity contribution in [2.75, 3.05) is 27.2 Å². The van der Waals surface area contributed by atoms with Gasteiger partial charge in [-0.05, 0) is 39.3 Å². The van der Waals surface area contributed by atoms with E-state index in [-0.39, 0.29) is 17.9 Å². The van der Waals surface area contributed by atoms with Gasteiger partial charge in [0.05, 0.1) is 0 Å². The minimum absolute atomic E-state index is 0.117. The van der Waals surface area contributed by atoms with Gasteiger partial charge >= 0.3 is 0 Å². The number of hydrogen-bond donors (Lipinski definition) is 2. The highest BCUT2D eigenvalue weighted by atomic mass is 16.1. The molecule has 0 saturated heterocycles. The van der Waals surface area contributed by atoms with Crippen molar-refractivity contribution in [3.63, 3.8) is 0 Å². The lowest BCUT2D eigenvalue weighted by Gasteiger charge is -2.31. The van der Waals surface area contributed by atoms with Gasteiger partial charge in [-0.15, -0.1) is 0 Å². The van der Waals surface area contributed by atoms with Crippen LogP contribution in [-0.2, 0) is 4.79 Å². The summed E-state index contributed by atoms with van der Waals surface area (Å²) < 4.78 is 0. The number of amides is 1. The SMILES string of the molecule is CC1CCC(N)CC1C(=O)NCCN(C)C. The number of rotatable bonds is 4. The zero-order valence-corrected chi connectivity index (χ0v) is 10.7. The lowest BCUT2D eigenvalue weighted by Crippen LogP contribution is -2.43. The van der Waals surface area contributed by atoms with Gasteiger partial charge in [-0.25, -0.2) is 0 Å². The van der Waals surface area contributed by atoms with Crippen molar-refractivity contribution in [3.8, 4) is 0 Å². The highest BCUT2D eigenvalue weighted by Crippen LogP contribution is 2.28. The second kappa shape index (κ2) is 6.21. The first kappa shape index (κ1) is 13.5. The van der Waals surface area contributed by atoms with Gasteiger partial charge in [0.15, 0.2) is 0 Å². The molecule has 1 aliphatic rings. The fourth-order valence-electron chi connectivity index (χ4n) is 2.25. The number of carbonyl (C=O) groups is 1. The van der Waals surface area contributed by atoms with Crippen LogP contribution >= 0.6 is 0 Å². The molecule has 0 aromatic heterocycles. The van der Waals surface area contributed by atoms with Crippen LogP contribution in [0.15, 0.2) is 0 Å². The number of nitrogens with one attached hydrogen (secondary N) is 1. The molecule has 94 valence electrons. The van der Waals surface area contributed by atoms with E-state index in [1.165, 1.54) is 0 Å². The summed E-state index contributed by atoms with van der Waals surface area (Å²) in [5.74, 6) is 0.773. The maximum absolute atomic E-state index is 12.0. The van der Waals surface area contributed by atoms with E-state index in [0.717, 1.165) is 32.4 Å². The van der Waals surface area contributed by atoms with Crippen molar-refractivity contribution >= 4 is 5.91 Å². The molecule has 1 rings (SSSR count). The van der Waals surface area contributed by atoms with Crippen LogP contribution in [0.4, 0.5) is 0 Å². The molecule has 4 heteroatoms. The first-order valence-corrected chi connectivity index (χ1v) is 6.18. The highest BCUT2D eigenvalue weighted by Gasteiger charge is 2.30. The molecule has 1 aliphatic carbocycles. The fourth-order valence-corrected chi connectivity index (χ4v) is 2.25. The second-order valence-corrected chi connectivity index (χ2v) is 5.25. The summed E-state index contributed by atoms with van der Waals surface area (Å²) in [6, 6.07) is 0.209. The third kappa shape index (κ3) is 4.10. The van der Waals surface area contributed by atoms with E-state index in [2.05, 4.69) is 17.1 Å². The Morgan fingerprint density at radius 2 is 2.12 bits per heavy atom. The molecule has 1 fully saturated rings. The molecule has 3 atom stereocenters. The Bertz CT molecular complexity index is 230. The van der Waals surface area contributed by atoms with Crippen molar-refractivity contribution in [1.82, 2.24) is 10.2 Å². The van der Waals surface area contributed by atoms with Crippen LogP contribution in [0.5, 0.6) is 0 Å². The van der Waals surface area contributed by atoms with Crippen LogP contribution in [0.3, 0.4) is 0 Å². The van der Waals surface area contributed by atoms with E-state index in [0.29, 0.717) is 5.92 Å². The van der Waals surface area contributed by atoms with Crippen molar-refractivity contribution in [1.29, 1.82) is 0 Å². The average Bonchev–Trinajstić information content (AvgIpc) is 2.21. The molecule has 16 heavy (non-hydrogen) atoms. The van der Waals surface area contributed by atoms with Gasteiger partial charge in [0.2, 0.25) is 5.91 Å². The summed E-state index contributed by atoms with van der Waals surface area (Å²) in [4.78, 5) is 14.0. The largest absolute Gasteiger partial charge is 0.355 e. The summed E-state index contributed by atoms with van der Waals surface area (Å²) >= 11 is 0. The smallest absolute Gasteiger partial charge is 0.223 e. The molecule has 1 amide bonds. The predicted octanol–water partition coefficient (Wildman–Crippen LogP) is 0.428. The van der Waals surface area contributed by atoms with Crippen LogP contribution in [0.25, 0.3) is 0 Å². The number of likely N-dealkylation sites (N-methyl/N-ethyl adjacent to an activating group) is 1. The minimum Gasteiger partial charge on any atom is -0.355 e. The molecule has 1 saturated carbocycles. The number of nitrogens with two attached hydrogens (primary N) is 1. The summed E-state index contributed by atoms with van der Waals surface area (Å²) in [7, 11) is 4.01. The third-order valence-electron chi connectivity index (χ3n) is 3.43. The number of nitrogens with zero attached hydrogens (tertiary/aromatic N) is 1. The fraction of sp³-hybridized carbons (Fsp3) is 0.917. The summed E-state index contributed by atoms with van der Waals surface area (Å²) in [6.45, 7) is 3.77. The van der Waals surface area contributed by atoms with Gasteiger partial charge in [-0.3, -0.25) is 4.79 Å². The Balaban J connectivity index is 2.34. The molecule has 0 heterocycles. The van der Waals surface area contributed by atoms with Gasteiger partial charge in [-0.1, -0.05) is 6.92 Å². The number of carbonyl (C=O) groups excluding carboxylic acids is 1. The quantitative estimate of drug-likeness (QED) is 0.732. The maximum atomic E-state index is 12.0. The Kier molecular flexibility index (Phi) is 5.22. The molecule has 4 nitrogen and oxygen atoms in total. The molecular weight excluding hydrogens is 202 g/mol. The van der Waals surface area contributed by atoms with Gasteiger partial charge in [-0.2, -0.15) is 0 Å². The third-order valence-corrected chi connectivity index (χ3v) is 3.43. The normalized spacial score (nSPS) is 30.4. The lowest BCUT2D eigenvalue weighted by molar-refractivity contribution is -0.127. The van der Waals surface area contributed by atoms with Crippen molar-refractivity contribution in [2.45, 2.75) is 32.2 Å². The van der Waals surface area contributed by atoms with Crippen molar-refractivity contribution in [2.24, 2.45) is 17.6 Å². The standard InChI is InChI=1S/C12H25N3O/c1-9-4-5-10(13)8-11(9)12(16)14-6-7-15(2)3/h9-11H,4-8,13H2,1-3H3,(H,14,16). The first-order chi connectivity index (χ1) is 7.50. The lowest BCUT2D eigenvalue weighted by atomic mass is 9.78. The molecule has 0 aliphatic heterocycles. The Hall–Kier alpha value is -0.610. The van der Waals surface area contributed by atoms with Gasteiger partial charge in [0.25, 0.3) is 0 Å². The molecule has 3 N–H and O–H groups in total. The summed E-state index contributed by atoms with van der Waals surface area (Å²) in [5.41, 5.74) is 5.91. The van der Waals surface area contributed by atoms with Crippen molar-refractivity contribution in [3.05, 3.63) is 0 Å². The average molecular weight is 227 g/mol. The van der Waals surface area contributed by atoms with E-state index >= 15 is 0 Å². The van der Waals surface area contributed by atoms with E-state index in [1.807, 2.05) is 14.1 Å². The Morgan fingerprint density at radius 1 is 1.44 bits per heavy atom. The maximum Gasteiger partial charge on any atom is 0.223 e. The predicted molar refractivity (Wildman–Crippen MR) is 66.0 cm³/mol. The molecule has 0 radical (unpaired) electrons. The molecular formula is C12H25N3O. The monoisotopic (exact) mass is 227 g/mol. The van der Waals surface area contributed by atoms with Crippen molar-refractivity contribution < 1.29 is 4.79 Å². The van der Waals surface area contributed by atoms with E-state index < -0.39 is 0 Å². The summed E-state index contributed by atoms with van der Waals surface area (Å²) in [5, 5.41) is 3.00. The van der Waals surface area contributed by atoms with Crippen LogP contribution in [-0.4, -0.2) is 44.0 Å². The van der Waals surface area contributed by atoms with Gasteiger partial charge in [0, 0.05) is 25.0 Å². The van der Waals surface area contributed by atoms with E-state index in [4.69, 9.17) is 5.73 Å². The van der Waals surface area contributed by atoms with E-state index in [1.54, 1.807) is 0 Å². The molecule has 0 aromatic rings. The Morgan fingerprint density at radius 3 is 2.75 bits per heavy atom.